The molecule has 0 unspecified atom stereocenters. The highest BCUT2D eigenvalue weighted by Crippen LogP contribution is 2.09. The van der Waals surface area contributed by atoms with Gasteiger partial charge in [-0.05, 0) is 42.8 Å². The highest BCUT2D eigenvalue weighted by atomic mass is 16.1. The van der Waals surface area contributed by atoms with E-state index < -0.39 is 0 Å². The number of nitrogen functional groups attached to an aromatic ring is 1. The van der Waals surface area contributed by atoms with Gasteiger partial charge in [0.25, 0.3) is 0 Å². The van der Waals surface area contributed by atoms with E-state index in [4.69, 9.17) is 5.73 Å². The molecule has 0 radical (unpaired) electrons. The molecule has 0 aliphatic carbocycles. The number of aryl methyl sites for hydroxylation is 1. The average molecular weight is 253 g/mol. The maximum absolute atomic E-state index is 11.7. The molecule has 96 valence electrons. The van der Waals surface area contributed by atoms with E-state index in [2.05, 4.69) is 10.3 Å². The van der Waals surface area contributed by atoms with Gasteiger partial charge >= 0.3 is 0 Å². The SMILES string of the molecule is Cc1cc(NC(=O)/C=C/c2ccc(N)cc2)ccn1. The van der Waals surface area contributed by atoms with E-state index in [1.54, 1.807) is 30.5 Å². The summed E-state index contributed by atoms with van der Waals surface area (Å²) in [6, 6.07) is 10.9. The third-order valence-electron chi connectivity index (χ3n) is 2.53. The Labute approximate surface area is 112 Å². The molecule has 0 aliphatic rings. The van der Waals surface area contributed by atoms with Gasteiger partial charge in [-0.15, -0.1) is 0 Å². The Bertz CT molecular complexity index is 603. The van der Waals surface area contributed by atoms with Gasteiger partial charge in [-0.3, -0.25) is 9.78 Å². The number of nitrogens with zero attached hydrogens (tertiary/aromatic N) is 1. The van der Waals surface area contributed by atoms with Crippen molar-refractivity contribution in [3.8, 4) is 0 Å². The maximum Gasteiger partial charge on any atom is 0.248 e. The number of nitrogens with two attached hydrogens (primary N) is 1. The van der Waals surface area contributed by atoms with Gasteiger partial charge in [0.2, 0.25) is 5.91 Å². The number of aromatic nitrogens is 1. The van der Waals surface area contributed by atoms with Crippen LogP contribution in [0.15, 0.2) is 48.7 Å². The number of hydrogen-bond donors (Lipinski definition) is 2. The number of pyridine rings is 1. The number of amides is 1. The van der Waals surface area contributed by atoms with Gasteiger partial charge in [-0.25, -0.2) is 0 Å². The molecule has 0 atom stereocenters. The Morgan fingerprint density at radius 1 is 1.26 bits per heavy atom. The molecule has 1 aromatic heterocycles. The smallest absolute Gasteiger partial charge is 0.248 e. The van der Waals surface area contributed by atoms with Gasteiger partial charge in [0.1, 0.15) is 0 Å². The summed E-state index contributed by atoms with van der Waals surface area (Å²) in [6.45, 7) is 1.87. The number of hydrogen-bond acceptors (Lipinski definition) is 3. The fourth-order valence-corrected chi connectivity index (χ4v) is 1.59. The predicted molar refractivity (Wildman–Crippen MR) is 77.5 cm³/mol. The predicted octanol–water partition coefficient (Wildman–Crippen LogP) is 2.62. The summed E-state index contributed by atoms with van der Waals surface area (Å²) in [6.07, 6.45) is 4.89. The van der Waals surface area contributed by atoms with Crippen LogP contribution in [-0.2, 0) is 4.79 Å². The second-order valence-corrected chi connectivity index (χ2v) is 4.18. The van der Waals surface area contributed by atoms with Gasteiger partial charge in [-0.2, -0.15) is 0 Å². The average Bonchev–Trinajstić information content (AvgIpc) is 2.38. The Hall–Kier alpha value is -2.62. The minimum Gasteiger partial charge on any atom is -0.399 e. The highest BCUT2D eigenvalue weighted by molar-refractivity contribution is 6.01. The molecule has 2 aromatic rings. The van der Waals surface area contributed by atoms with Crippen LogP contribution in [0.2, 0.25) is 0 Å². The number of carbonyl (C=O) groups excluding carboxylic acids is 1. The Morgan fingerprint density at radius 2 is 2.00 bits per heavy atom. The molecule has 0 saturated carbocycles. The first-order valence-corrected chi connectivity index (χ1v) is 5.91. The van der Waals surface area contributed by atoms with E-state index in [9.17, 15) is 4.79 Å². The number of carbonyl (C=O) groups is 1. The largest absolute Gasteiger partial charge is 0.399 e. The Kier molecular flexibility index (Phi) is 3.93. The minimum atomic E-state index is -0.178. The third kappa shape index (κ3) is 3.96. The molecule has 0 fully saturated rings. The molecular weight excluding hydrogens is 238 g/mol. The first kappa shape index (κ1) is 12.8. The molecule has 19 heavy (non-hydrogen) atoms. The molecular formula is C15H15N3O. The number of benzene rings is 1. The molecule has 0 bridgehead atoms. The number of anilines is 2. The van der Waals surface area contributed by atoms with Gasteiger partial charge in [0, 0.05) is 29.3 Å². The monoisotopic (exact) mass is 253 g/mol. The van der Waals surface area contributed by atoms with Crippen molar-refractivity contribution in [2.45, 2.75) is 6.92 Å². The molecule has 1 heterocycles. The number of nitrogens with one attached hydrogen (secondary N) is 1. The van der Waals surface area contributed by atoms with Gasteiger partial charge in [0.15, 0.2) is 0 Å². The molecule has 2 rings (SSSR count). The zero-order chi connectivity index (χ0) is 13.7. The van der Waals surface area contributed by atoms with E-state index in [1.807, 2.05) is 25.1 Å². The molecule has 0 aliphatic heterocycles. The summed E-state index contributed by atoms with van der Waals surface area (Å²) >= 11 is 0. The van der Waals surface area contributed by atoms with Crippen LogP contribution >= 0.6 is 0 Å². The van der Waals surface area contributed by atoms with Gasteiger partial charge in [0.05, 0.1) is 0 Å². The van der Waals surface area contributed by atoms with Gasteiger partial charge in [-0.1, -0.05) is 12.1 Å². The quantitative estimate of drug-likeness (QED) is 0.652. The summed E-state index contributed by atoms with van der Waals surface area (Å²) in [5, 5.41) is 2.77. The Balaban J connectivity index is 1.99. The second-order valence-electron chi connectivity index (χ2n) is 4.18. The normalized spacial score (nSPS) is 10.6. The van der Waals surface area contributed by atoms with Crippen molar-refractivity contribution in [1.82, 2.24) is 4.98 Å². The van der Waals surface area contributed by atoms with Crippen molar-refractivity contribution < 1.29 is 4.79 Å². The van der Waals surface area contributed by atoms with E-state index >= 15 is 0 Å². The minimum absolute atomic E-state index is 0.178. The third-order valence-corrected chi connectivity index (χ3v) is 2.53. The second kappa shape index (κ2) is 5.82. The van der Waals surface area contributed by atoms with Crippen LogP contribution < -0.4 is 11.1 Å². The Morgan fingerprint density at radius 3 is 2.68 bits per heavy atom. The fourth-order valence-electron chi connectivity index (χ4n) is 1.59. The summed E-state index contributed by atoms with van der Waals surface area (Å²) in [5.41, 5.74) is 8.82. The standard InChI is InChI=1S/C15H15N3O/c1-11-10-14(8-9-17-11)18-15(19)7-4-12-2-5-13(16)6-3-12/h2-10H,16H2,1H3,(H,17,18,19)/b7-4+. The summed E-state index contributed by atoms with van der Waals surface area (Å²) in [4.78, 5) is 15.8. The molecule has 4 heteroatoms. The molecule has 0 saturated heterocycles. The van der Waals surface area contributed by atoms with Crippen LogP contribution in [0.25, 0.3) is 6.08 Å². The lowest BCUT2D eigenvalue weighted by atomic mass is 10.2. The van der Waals surface area contributed by atoms with Gasteiger partial charge < -0.3 is 11.1 Å². The van der Waals surface area contributed by atoms with Crippen molar-refractivity contribution in [3.05, 3.63) is 59.9 Å². The molecule has 3 N–H and O–H groups in total. The van der Waals surface area contributed by atoms with E-state index in [0.717, 1.165) is 16.9 Å². The van der Waals surface area contributed by atoms with Crippen molar-refractivity contribution in [2.24, 2.45) is 0 Å². The zero-order valence-corrected chi connectivity index (χ0v) is 10.6. The lowest BCUT2D eigenvalue weighted by Gasteiger charge is -2.02. The maximum atomic E-state index is 11.7. The molecule has 1 amide bonds. The van der Waals surface area contributed by atoms with Crippen LogP contribution in [0.3, 0.4) is 0 Å². The van der Waals surface area contributed by atoms with Crippen LogP contribution in [0.5, 0.6) is 0 Å². The van der Waals surface area contributed by atoms with Crippen LogP contribution in [0, 0.1) is 6.92 Å². The first-order chi connectivity index (χ1) is 9.13. The zero-order valence-electron chi connectivity index (χ0n) is 10.6. The molecule has 4 nitrogen and oxygen atoms in total. The molecule has 1 aromatic carbocycles. The lowest BCUT2D eigenvalue weighted by Crippen LogP contribution is -2.07. The van der Waals surface area contributed by atoms with Crippen LogP contribution in [0.1, 0.15) is 11.3 Å². The van der Waals surface area contributed by atoms with Crippen LogP contribution in [0.4, 0.5) is 11.4 Å². The summed E-state index contributed by atoms with van der Waals surface area (Å²) in [5.74, 6) is -0.178. The first-order valence-electron chi connectivity index (χ1n) is 5.91. The van der Waals surface area contributed by atoms with Crippen molar-refractivity contribution >= 4 is 23.4 Å². The van der Waals surface area contributed by atoms with Crippen molar-refractivity contribution in [2.75, 3.05) is 11.1 Å². The summed E-state index contributed by atoms with van der Waals surface area (Å²) < 4.78 is 0. The van der Waals surface area contributed by atoms with E-state index in [1.165, 1.54) is 6.08 Å². The van der Waals surface area contributed by atoms with Crippen molar-refractivity contribution in [1.29, 1.82) is 0 Å². The number of rotatable bonds is 3. The highest BCUT2D eigenvalue weighted by Gasteiger charge is 1.98. The summed E-state index contributed by atoms with van der Waals surface area (Å²) in [7, 11) is 0. The van der Waals surface area contributed by atoms with E-state index in [0.29, 0.717) is 5.69 Å². The topological polar surface area (TPSA) is 68.0 Å². The molecule has 0 spiro atoms. The van der Waals surface area contributed by atoms with Crippen LogP contribution in [-0.4, -0.2) is 10.9 Å². The van der Waals surface area contributed by atoms with E-state index in [-0.39, 0.29) is 5.91 Å². The van der Waals surface area contributed by atoms with Crippen molar-refractivity contribution in [3.63, 3.8) is 0 Å². The fraction of sp³-hybridized carbons (Fsp3) is 0.0667. The lowest BCUT2D eigenvalue weighted by molar-refractivity contribution is -0.111.